The molecule has 1 amide bonds. The van der Waals surface area contributed by atoms with E-state index in [1.54, 1.807) is 71.3 Å². The fourth-order valence-corrected chi connectivity index (χ4v) is 4.95. The van der Waals surface area contributed by atoms with E-state index in [0.717, 1.165) is 4.88 Å². The predicted octanol–water partition coefficient (Wildman–Crippen LogP) is 3.19. The summed E-state index contributed by atoms with van der Waals surface area (Å²) in [4.78, 5) is 15.1. The van der Waals surface area contributed by atoms with E-state index in [2.05, 4.69) is 4.72 Å². The van der Waals surface area contributed by atoms with Gasteiger partial charge in [-0.15, -0.1) is 11.3 Å². The van der Waals surface area contributed by atoms with E-state index in [0.29, 0.717) is 10.4 Å². The molecule has 1 heterocycles. The second-order valence-corrected chi connectivity index (χ2v) is 9.45. The van der Waals surface area contributed by atoms with Crippen LogP contribution in [0.3, 0.4) is 0 Å². The molecule has 0 spiro atoms. The number of hydrogen-bond acceptors (Lipinski definition) is 4. The first-order chi connectivity index (χ1) is 11.0. The van der Waals surface area contributed by atoms with Crippen LogP contribution in [-0.2, 0) is 10.0 Å². The number of carbonyl (C=O) groups is 1. The largest absolute Gasteiger partial charge is 0.344 e. The van der Waals surface area contributed by atoms with Crippen LogP contribution in [0.4, 0.5) is 0 Å². The molecule has 0 saturated carbocycles. The van der Waals surface area contributed by atoms with Crippen LogP contribution in [0.1, 0.15) is 30.4 Å². The van der Waals surface area contributed by atoms with Gasteiger partial charge < -0.3 is 4.90 Å². The van der Waals surface area contributed by atoms with E-state index >= 15 is 0 Å². The van der Waals surface area contributed by atoms with Crippen molar-refractivity contribution in [1.82, 2.24) is 9.62 Å². The zero-order chi connectivity index (χ0) is 18.1. The molecule has 24 heavy (non-hydrogen) atoms. The number of rotatable bonds is 4. The van der Waals surface area contributed by atoms with Crippen LogP contribution in [-0.4, -0.2) is 38.9 Å². The summed E-state index contributed by atoms with van der Waals surface area (Å²) < 4.78 is 28.1. The van der Waals surface area contributed by atoms with Crippen molar-refractivity contribution in [3.63, 3.8) is 0 Å². The summed E-state index contributed by atoms with van der Waals surface area (Å²) in [5, 5.41) is 0. The van der Waals surface area contributed by atoms with Gasteiger partial charge in [0.25, 0.3) is 5.91 Å². The lowest BCUT2D eigenvalue weighted by Gasteiger charge is -2.21. The quantitative estimate of drug-likeness (QED) is 0.904. The molecular weight excluding hydrogens is 344 g/mol. The Kier molecular flexibility index (Phi) is 5.17. The summed E-state index contributed by atoms with van der Waals surface area (Å²) in [5.41, 5.74) is 0.0185. The third kappa shape index (κ3) is 4.23. The molecule has 0 unspecified atom stereocenters. The Morgan fingerprint density at radius 1 is 1.08 bits per heavy atom. The lowest BCUT2D eigenvalue weighted by molar-refractivity contribution is 0.0832. The number of hydrogen-bond donors (Lipinski definition) is 1. The van der Waals surface area contributed by atoms with E-state index in [-0.39, 0.29) is 10.8 Å². The van der Waals surface area contributed by atoms with Gasteiger partial charge in [-0.05, 0) is 39.0 Å². The van der Waals surface area contributed by atoms with E-state index in [4.69, 9.17) is 0 Å². The highest BCUT2D eigenvalue weighted by Gasteiger charge is 2.25. The van der Waals surface area contributed by atoms with Gasteiger partial charge in [-0.25, -0.2) is 13.1 Å². The molecule has 7 heteroatoms. The van der Waals surface area contributed by atoms with Gasteiger partial charge in [-0.2, -0.15) is 0 Å². The zero-order valence-electron chi connectivity index (χ0n) is 14.5. The smallest absolute Gasteiger partial charge is 0.263 e. The molecule has 0 atom stereocenters. The Labute approximate surface area is 147 Å². The highest BCUT2D eigenvalue weighted by Crippen LogP contribution is 2.33. The van der Waals surface area contributed by atoms with Gasteiger partial charge in [-0.1, -0.05) is 18.2 Å². The molecule has 0 aliphatic carbocycles. The van der Waals surface area contributed by atoms with Gasteiger partial charge in [0.1, 0.15) is 0 Å². The molecule has 0 aliphatic heterocycles. The molecule has 1 N–H and O–H groups in total. The van der Waals surface area contributed by atoms with Crippen LogP contribution in [0.5, 0.6) is 0 Å². The maximum absolute atomic E-state index is 12.7. The molecule has 1 aromatic heterocycles. The summed E-state index contributed by atoms with van der Waals surface area (Å²) in [5.74, 6) is -0.0978. The van der Waals surface area contributed by atoms with Gasteiger partial charge in [0.2, 0.25) is 10.0 Å². The Morgan fingerprint density at radius 3 is 2.29 bits per heavy atom. The number of nitrogens with one attached hydrogen (secondary N) is 1. The molecular formula is C17H22N2O3S2. The van der Waals surface area contributed by atoms with E-state index in [1.807, 2.05) is 0 Å². The van der Waals surface area contributed by atoms with E-state index < -0.39 is 15.6 Å². The Hall–Kier alpha value is -1.70. The first kappa shape index (κ1) is 18.6. The second-order valence-electron chi connectivity index (χ2n) is 6.72. The van der Waals surface area contributed by atoms with E-state index in [1.165, 1.54) is 16.2 Å². The van der Waals surface area contributed by atoms with Crippen molar-refractivity contribution in [2.75, 3.05) is 14.1 Å². The van der Waals surface area contributed by atoms with Gasteiger partial charge in [0.05, 0.1) is 9.77 Å². The standard InChI is InChI=1S/C17H22N2O3S2/c1-17(2,3)18-24(21,22)15-9-7-6-8-12(15)13-10-11-14(23-13)16(20)19(4)5/h6-11,18H,1-5H3. The Morgan fingerprint density at radius 2 is 1.71 bits per heavy atom. The molecule has 5 nitrogen and oxygen atoms in total. The van der Waals surface area contributed by atoms with Crippen molar-refractivity contribution in [3.8, 4) is 10.4 Å². The lowest BCUT2D eigenvalue weighted by Crippen LogP contribution is -2.40. The molecule has 1 aromatic carbocycles. The van der Waals surface area contributed by atoms with Gasteiger partial charge in [-0.3, -0.25) is 4.79 Å². The predicted molar refractivity (Wildman–Crippen MR) is 97.8 cm³/mol. The fourth-order valence-electron chi connectivity index (χ4n) is 2.18. The Balaban J connectivity index is 2.49. The molecule has 130 valence electrons. The fraction of sp³-hybridized carbons (Fsp3) is 0.353. The average molecular weight is 367 g/mol. The minimum absolute atomic E-state index is 0.0978. The highest BCUT2D eigenvalue weighted by atomic mass is 32.2. The first-order valence-electron chi connectivity index (χ1n) is 7.46. The number of amides is 1. The molecule has 2 aromatic rings. The summed E-state index contributed by atoms with van der Waals surface area (Å²) in [6.45, 7) is 5.39. The molecule has 0 bridgehead atoms. The number of benzene rings is 1. The van der Waals surface area contributed by atoms with Gasteiger partial charge in [0.15, 0.2) is 0 Å². The minimum atomic E-state index is -3.66. The van der Waals surface area contributed by atoms with E-state index in [9.17, 15) is 13.2 Å². The number of nitrogens with zero attached hydrogens (tertiary/aromatic N) is 1. The monoisotopic (exact) mass is 366 g/mol. The van der Waals surface area contributed by atoms with Crippen molar-refractivity contribution >= 4 is 27.3 Å². The average Bonchev–Trinajstić information content (AvgIpc) is 2.93. The van der Waals surface area contributed by atoms with Crippen LogP contribution in [0.15, 0.2) is 41.3 Å². The summed E-state index contributed by atoms with van der Waals surface area (Å²) in [6, 6.07) is 10.3. The third-order valence-electron chi connectivity index (χ3n) is 3.11. The normalized spacial score (nSPS) is 12.2. The number of thiophene rings is 1. The number of carbonyl (C=O) groups excluding carboxylic acids is 1. The van der Waals surface area contributed by atoms with Crippen molar-refractivity contribution in [3.05, 3.63) is 41.3 Å². The minimum Gasteiger partial charge on any atom is -0.344 e. The molecule has 0 saturated heterocycles. The van der Waals surface area contributed by atoms with Gasteiger partial charge >= 0.3 is 0 Å². The van der Waals surface area contributed by atoms with Crippen molar-refractivity contribution in [2.24, 2.45) is 0 Å². The molecule has 0 fully saturated rings. The molecule has 0 radical (unpaired) electrons. The maximum Gasteiger partial charge on any atom is 0.263 e. The topological polar surface area (TPSA) is 66.5 Å². The van der Waals surface area contributed by atoms with Crippen LogP contribution < -0.4 is 4.72 Å². The molecule has 0 aliphatic rings. The van der Waals surface area contributed by atoms with Crippen molar-refractivity contribution in [2.45, 2.75) is 31.2 Å². The van der Waals surface area contributed by atoms with Crippen LogP contribution in [0, 0.1) is 0 Å². The van der Waals surface area contributed by atoms with Crippen LogP contribution in [0.2, 0.25) is 0 Å². The zero-order valence-corrected chi connectivity index (χ0v) is 16.1. The lowest BCUT2D eigenvalue weighted by atomic mass is 10.1. The first-order valence-corrected chi connectivity index (χ1v) is 9.76. The highest BCUT2D eigenvalue weighted by molar-refractivity contribution is 7.89. The third-order valence-corrected chi connectivity index (χ3v) is 6.03. The van der Waals surface area contributed by atoms with Gasteiger partial charge in [0, 0.05) is 30.1 Å². The van der Waals surface area contributed by atoms with Crippen molar-refractivity contribution < 1.29 is 13.2 Å². The van der Waals surface area contributed by atoms with Crippen LogP contribution >= 0.6 is 11.3 Å². The second kappa shape index (κ2) is 6.66. The molecule has 2 rings (SSSR count). The summed E-state index contributed by atoms with van der Waals surface area (Å²) in [6.07, 6.45) is 0. The SMILES string of the molecule is CN(C)C(=O)c1ccc(-c2ccccc2S(=O)(=O)NC(C)(C)C)s1. The maximum atomic E-state index is 12.7. The number of sulfonamides is 1. The summed E-state index contributed by atoms with van der Waals surface area (Å²) >= 11 is 1.29. The Bertz CT molecular complexity index is 847. The van der Waals surface area contributed by atoms with Crippen molar-refractivity contribution in [1.29, 1.82) is 0 Å². The van der Waals surface area contributed by atoms with Crippen LogP contribution in [0.25, 0.3) is 10.4 Å². The summed E-state index contributed by atoms with van der Waals surface area (Å²) in [7, 11) is -0.287.